The summed E-state index contributed by atoms with van der Waals surface area (Å²) in [6, 6.07) is 0. The minimum absolute atomic E-state index is 0.121. The van der Waals surface area contributed by atoms with Gasteiger partial charge in [0.05, 0.1) is 46.2 Å². The van der Waals surface area contributed by atoms with Crippen LogP contribution in [0.2, 0.25) is 0 Å². The van der Waals surface area contributed by atoms with E-state index in [1.165, 1.54) is 0 Å². The fraction of sp³-hybridized carbons (Fsp3) is 0.643. The Morgan fingerprint density at radius 2 is 1.38 bits per heavy atom. The Morgan fingerprint density at radius 1 is 0.905 bits per heavy atom. The quantitative estimate of drug-likeness (QED) is 0.156. The Hall–Kier alpha value is -1.61. The molecule has 118 valence electrons. The van der Waals surface area contributed by atoms with Gasteiger partial charge in [-0.3, -0.25) is 0 Å². The molecule has 0 saturated carbocycles. The van der Waals surface area contributed by atoms with Gasteiger partial charge >= 0.3 is 5.97 Å². The third-order valence-electron chi connectivity index (χ3n) is 1.97. The van der Waals surface area contributed by atoms with Crippen molar-refractivity contribution in [1.29, 1.82) is 0 Å². The lowest BCUT2D eigenvalue weighted by molar-refractivity contribution is -0.138. The van der Waals surface area contributed by atoms with Crippen LogP contribution in [0.1, 0.15) is 0 Å². The van der Waals surface area contributed by atoms with Gasteiger partial charge < -0.3 is 28.8 Å². The minimum Gasteiger partial charge on any atom is -0.454 e. The Morgan fingerprint density at radius 3 is 1.86 bits per heavy atom. The fourth-order valence-electron chi connectivity index (χ4n) is 1.04. The third-order valence-corrected chi connectivity index (χ3v) is 1.97. The highest BCUT2D eigenvalue weighted by Gasteiger charge is 1.98. The molecule has 0 amide bonds. The summed E-state index contributed by atoms with van der Waals surface area (Å²) in [7, 11) is 0. The minimum atomic E-state index is -1.19. The number of carbonyl (C=O) groups excluding carboxylic acids is 1. The van der Waals surface area contributed by atoms with E-state index in [0.717, 1.165) is 0 Å². The van der Waals surface area contributed by atoms with Crippen LogP contribution in [-0.2, 0) is 28.5 Å². The zero-order valence-corrected chi connectivity index (χ0v) is 11.8. The molecule has 0 bridgehead atoms. The molecule has 0 aliphatic heterocycles. The number of hydrogen-bond acceptors (Lipinski definition) is 7. The lowest BCUT2D eigenvalue weighted by atomic mass is 10.6. The number of aliphatic hydroxyl groups is 1. The molecule has 0 rings (SSSR count). The molecule has 0 aliphatic rings. The lowest BCUT2D eigenvalue weighted by Crippen LogP contribution is -2.16. The second-order valence-electron chi connectivity index (χ2n) is 3.51. The molecule has 7 nitrogen and oxygen atoms in total. The van der Waals surface area contributed by atoms with Gasteiger partial charge in [-0.2, -0.15) is 0 Å². The van der Waals surface area contributed by atoms with E-state index in [1.54, 1.807) is 0 Å². The second-order valence-corrected chi connectivity index (χ2v) is 3.51. The SMILES string of the molecule is C#CC(=O)OCCOCCOCCOCCOC(O)C#C. The van der Waals surface area contributed by atoms with Crippen LogP contribution in [0.5, 0.6) is 0 Å². The molecule has 0 aliphatic carbocycles. The topological polar surface area (TPSA) is 83.5 Å². The molecule has 0 saturated heterocycles. The van der Waals surface area contributed by atoms with Crippen molar-refractivity contribution in [2.45, 2.75) is 6.29 Å². The molecule has 7 heteroatoms. The number of hydrogen-bond donors (Lipinski definition) is 1. The number of carbonyl (C=O) groups is 1. The molecule has 0 spiro atoms. The predicted octanol–water partition coefficient (Wildman–Crippen LogP) is -0.819. The first-order valence-electron chi connectivity index (χ1n) is 6.33. The first kappa shape index (κ1) is 19.4. The van der Waals surface area contributed by atoms with Crippen molar-refractivity contribution >= 4 is 5.97 Å². The maximum Gasteiger partial charge on any atom is 0.384 e. The molecule has 0 fully saturated rings. The van der Waals surface area contributed by atoms with Gasteiger partial charge in [-0.1, -0.05) is 0 Å². The van der Waals surface area contributed by atoms with E-state index >= 15 is 0 Å². The highest BCUT2D eigenvalue weighted by atomic mass is 16.6. The summed E-state index contributed by atoms with van der Waals surface area (Å²) in [5.74, 6) is 3.14. The van der Waals surface area contributed by atoms with Crippen LogP contribution in [-0.4, -0.2) is 70.2 Å². The summed E-state index contributed by atoms with van der Waals surface area (Å²) in [6.07, 6.45) is 8.52. The molecule has 0 aromatic rings. The van der Waals surface area contributed by atoms with E-state index in [-0.39, 0.29) is 19.8 Å². The van der Waals surface area contributed by atoms with Crippen molar-refractivity contribution in [3.63, 3.8) is 0 Å². The van der Waals surface area contributed by atoms with Crippen molar-refractivity contribution in [2.75, 3.05) is 52.9 Å². The van der Waals surface area contributed by atoms with Gasteiger partial charge in [-0.15, -0.1) is 12.8 Å². The molecule has 0 aromatic carbocycles. The number of terminal acetylenes is 2. The number of rotatable bonds is 13. The van der Waals surface area contributed by atoms with Crippen LogP contribution < -0.4 is 0 Å². The average Bonchev–Trinajstić information content (AvgIpc) is 2.51. The maximum atomic E-state index is 10.6. The standard InChI is InChI=1S/C14H20O7/c1-3-13(15)20-11-9-18-7-5-17-6-8-19-10-12-21-14(16)4-2/h1-2,13,15H,5-12H2. The Balaban J connectivity index is 3.08. The number of esters is 1. The number of ether oxygens (including phenoxy) is 5. The summed E-state index contributed by atoms with van der Waals surface area (Å²) in [5.41, 5.74) is 0. The van der Waals surface area contributed by atoms with Gasteiger partial charge in [-0.05, 0) is 5.92 Å². The number of aliphatic hydroxyl groups excluding tert-OH is 1. The molecule has 0 aromatic heterocycles. The van der Waals surface area contributed by atoms with Gasteiger partial charge in [0.25, 0.3) is 0 Å². The zero-order chi connectivity index (χ0) is 15.8. The van der Waals surface area contributed by atoms with Gasteiger partial charge in [0.1, 0.15) is 6.61 Å². The summed E-state index contributed by atoms with van der Waals surface area (Å²) in [4.78, 5) is 10.6. The van der Waals surface area contributed by atoms with E-state index in [1.807, 2.05) is 11.8 Å². The first-order chi connectivity index (χ1) is 10.2. The molecule has 21 heavy (non-hydrogen) atoms. The predicted molar refractivity (Wildman–Crippen MR) is 73.0 cm³/mol. The largest absolute Gasteiger partial charge is 0.454 e. The van der Waals surface area contributed by atoms with Gasteiger partial charge in [-0.25, -0.2) is 4.79 Å². The van der Waals surface area contributed by atoms with Crippen LogP contribution in [0.3, 0.4) is 0 Å². The van der Waals surface area contributed by atoms with E-state index in [0.29, 0.717) is 33.0 Å². The monoisotopic (exact) mass is 300 g/mol. The van der Waals surface area contributed by atoms with E-state index < -0.39 is 12.3 Å². The fourth-order valence-corrected chi connectivity index (χ4v) is 1.04. The van der Waals surface area contributed by atoms with Crippen LogP contribution in [0.15, 0.2) is 0 Å². The third kappa shape index (κ3) is 14.6. The molecule has 1 N–H and O–H groups in total. The lowest BCUT2D eigenvalue weighted by Gasteiger charge is -2.08. The molecule has 1 unspecified atom stereocenters. The van der Waals surface area contributed by atoms with E-state index in [4.69, 9.17) is 36.9 Å². The Labute approximate surface area is 124 Å². The summed E-state index contributed by atoms with van der Waals surface area (Å²) >= 11 is 0. The van der Waals surface area contributed by atoms with Crippen molar-refractivity contribution in [3.8, 4) is 24.7 Å². The summed E-state index contributed by atoms with van der Waals surface area (Å²) in [6.45, 7) is 2.51. The Kier molecular flexibility index (Phi) is 13.7. The molecule has 1 atom stereocenters. The second kappa shape index (κ2) is 14.8. The van der Waals surface area contributed by atoms with Crippen LogP contribution >= 0.6 is 0 Å². The molecular formula is C14H20O7. The smallest absolute Gasteiger partial charge is 0.384 e. The highest BCUT2D eigenvalue weighted by Crippen LogP contribution is 1.86. The molecule has 0 heterocycles. The summed E-state index contributed by atoms with van der Waals surface area (Å²) in [5, 5.41) is 8.87. The van der Waals surface area contributed by atoms with E-state index in [9.17, 15) is 4.79 Å². The van der Waals surface area contributed by atoms with Crippen LogP contribution in [0, 0.1) is 24.7 Å². The molecular weight excluding hydrogens is 280 g/mol. The average molecular weight is 300 g/mol. The van der Waals surface area contributed by atoms with Gasteiger partial charge in [0.2, 0.25) is 6.29 Å². The Bertz CT molecular complexity index is 342. The first-order valence-corrected chi connectivity index (χ1v) is 6.33. The van der Waals surface area contributed by atoms with Crippen LogP contribution in [0.4, 0.5) is 0 Å². The highest BCUT2D eigenvalue weighted by molar-refractivity contribution is 5.87. The summed E-state index contributed by atoms with van der Waals surface area (Å²) < 4.78 is 24.9. The van der Waals surface area contributed by atoms with Gasteiger partial charge in [0, 0.05) is 5.92 Å². The van der Waals surface area contributed by atoms with Gasteiger partial charge in [0.15, 0.2) is 0 Å². The van der Waals surface area contributed by atoms with Crippen molar-refractivity contribution in [2.24, 2.45) is 0 Å². The van der Waals surface area contributed by atoms with Crippen molar-refractivity contribution in [1.82, 2.24) is 0 Å². The zero-order valence-electron chi connectivity index (χ0n) is 11.8. The van der Waals surface area contributed by atoms with Crippen LogP contribution in [0.25, 0.3) is 0 Å². The maximum absolute atomic E-state index is 10.6. The molecule has 0 radical (unpaired) electrons. The normalized spacial score (nSPS) is 11.4. The van der Waals surface area contributed by atoms with E-state index in [2.05, 4.69) is 4.74 Å². The van der Waals surface area contributed by atoms with Crippen molar-refractivity contribution < 1.29 is 33.6 Å². The van der Waals surface area contributed by atoms with Crippen molar-refractivity contribution in [3.05, 3.63) is 0 Å².